The summed E-state index contributed by atoms with van der Waals surface area (Å²) < 4.78 is 6.34. The average Bonchev–Trinajstić information content (AvgIpc) is 2.31. The Kier molecular flexibility index (Phi) is 2.99. The summed E-state index contributed by atoms with van der Waals surface area (Å²) in [6, 6.07) is 5.03. The maximum absolute atomic E-state index is 6.34. The van der Waals surface area contributed by atoms with Crippen molar-refractivity contribution in [1.29, 1.82) is 0 Å². The van der Waals surface area contributed by atoms with Crippen molar-refractivity contribution in [1.82, 2.24) is 0 Å². The Bertz CT molecular complexity index is 496. The molecular weight excluding hydrogens is 234 g/mol. The Morgan fingerprint density at radius 1 is 1.11 bits per heavy atom. The molecule has 1 saturated carbocycles. The van der Waals surface area contributed by atoms with Gasteiger partial charge in [0.05, 0.1) is 11.7 Å². The zero-order valence-corrected chi connectivity index (χ0v) is 12.7. The maximum atomic E-state index is 6.34. The predicted octanol–water partition coefficient (Wildman–Crippen LogP) is 3.94. The molecule has 4 unspecified atom stereocenters. The normalized spacial score (nSPS) is 33.4. The van der Waals surface area contributed by atoms with E-state index in [1.54, 1.807) is 0 Å². The molecule has 104 valence electrons. The average molecular weight is 259 g/mol. The molecule has 1 aromatic carbocycles. The van der Waals surface area contributed by atoms with Gasteiger partial charge in [0.1, 0.15) is 11.9 Å². The largest absolute Gasteiger partial charge is 0.486 e. The number of fused-ring (bicyclic) bond motifs is 2. The highest BCUT2D eigenvalue weighted by molar-refractivity contribution is 5.63. The highest BCUT2D eigenvalue weighted by Gasteiger charge is 2.41. The fourth-order valence-electron chi connectivity index (χ4n) is 3.99. The Morgan fingerprint density at radius 3 is 2.53 bits per heavy atom. The van der Waals surface area contributed by atoms with Crippen molar-refractivity contribution in [2.45, 2.75) is 52.7 Å². The van der Waals surface area contributed by atoms with E-state index in [9.17, 15) is 0 Å². The van der Waals surface area contributed by atoms with E-state index in [2.05, 4.69) is 51.8 Å². The minimum Gasteiger partial charge on any atom is -0.486 e. The van der Waals surface area contributed by atoms with Gasteiger partial charge in [-0.05, 0) is 61.8 Å². The van der Waals surface area contributed by atoms with E-state index in [0.29, 0.717) is 18.1 Å². The molecule has 1 aromatic rings. The summed E-state index contributed by atoms with van der Waals surface area (Å²) >= 11 is 0. The van der Waals surface area contributed by atoms with Gasteiger partial charge in [-0.1, -0.05) is 13.8 Å². The minimum atomic E-state index is 0.360. The highest BCUT2D eigenvalue weighted by Crippen LogP contribution is 2.44. The molecule has 2 nitrogen and oxygen atoms in total. The Hall–Kier alpha value is -1.18. The lowest BCUT2D eigenvalue weighted by Gasteiger charge is -2.48. The van der Waals surface area contributed by atoms with Gasteiger partial charge >= 0.3 is 0 Å². The van der Waals surface area contributed by atoms with E-state index in [1.807, 2.05) is 0 Å². The monoisotopic (exact) mass is 259 g/mol. The summed E-state index contributed by atoms with van der Waals surface area (Å²) in [5, 5.41) is 0. The van der Waals surface area contributed by atoms with Crippen molar-refractivity contribution in [3.05, 3.63) is 23.3 Å². The van der Waals surface area contributed by atoms with Crippen LogP contribution >= 0.6 is 0 Å². The second kappa shape index (κ2) is 4.43. The second-order valence-electron chi connectivity index (χ2n) is 6.72. The fourth-order valence-corrected chi connectivity index (χ4v) is 3.99. The van der Waals surface area contributed by atoms with Crippen LogP contribution in [0.5, 0.6) is 5.75 Å². The molecule has 0 amide bonds. The van der Waals surface area contributed by atoms with Crippen LogP contribution in [0.15, 0.2) is 12.1 Å². The van der Waals surface area contributed by atoms with Gasteiger partial charge in [0.25, 0.3) is 0 Å². The summed E-state index contributed by atoms with van der Waals surface area (Å²) in [6.07, 6.45) is 2.86. The first kappa shape index (κ1) is 12.8. The van der Waals surface area contributed by atoms with Gasteiger partial charge < -0.3 is 9.64 Å². The first-order valence-electron chi connectivity index (χ1n) is 7.48. The fraction of sp³-hybridized carbons (Fsp3) is 0.647. The number of benzene rings is 1. The Morgan fingerprint density at radius 2 is 1.79 bits per heavy atom. The molecule has 1 aliphatic heterocycles. The number of aryl methyl sites for hydroxylation is 2. The minimum absolute atomic E-state index is 0.360. The van der Waals surface area contributed by atoms with Crippen LogP contribution in [-0.2, 0) is 0 Å². The van der Waals surface area contributed by atoms with Crippen LogP contribution in [0.4, 0.5) is 5.69 Å². The number of likely N-dealkylation sites (N-methyl/N-ethyl adjacent to an activating group) is 1. The van der Waals surface area contributed by atoms with Crippen molar-refractivity contribution in [3.63, 3.8) is 0 Å². The molecule has 0 aromatic heterocycles. The second-order valence-corrected chi connectivity index (χ2v) is 6.72. The van der Waals surface area contributed by atoms with Gasteiger partial charge in [-0.15, -0.1) is 0 Å². The standard InChI is InChI=1S/C17H25NO/c1-10-6-13(4)17-16(7-10)19-15-9-12(3)11(2)8-14(15)18(17)5/h8-10,13,16-17H,6-7H2,1-5H3. The van der Waals surface area contributed by atoms with E-state index in [4.69, 9.17) is 4.74 Å². The third-order valence-electron chi connectivity index (χ3n) is 5.05. The van der Waals surface area contributed by atoms with Gasteiger partial charge in [-0.2, -0.15) is 0 Å². The summed E-state index contributed by atoms with van der Waals surface area (Å²) in [7, 11) is 2.24. The lowest BCUT2D eigenvalue weighted by Crippen LogP contribution is -2.54. The maximum Gasteiger partial charge on any atom is 0.143 e. The van der Waals surface area contributed by atoms with Crippen LogP contribution in [0.1, 0.15) is 37.8 Å². The smallest absolute Gasteiger partial charge is 0.143 e. The predicted molar refractivity (Wildman–Crippen MR) is 80.1 cm³/mol. The lowest BCUT2D eigenvalue weighted by atomic mass is 9.76. The van der Waals surface area contributed by atoms with E-state index in [-0.39, 0.29) is 0 Å². The van der Waals surface area contributed by atoms with Gasteiger partial charge in [0, 0.05) is 7.05 Å². The zero-order valence-electron chi connectivity index (χ0n) is 12.7. The van der Waals surface area contributed by atoms with Crippen molar-refractivity contribution in [2.24, 2.45) is 11.8 Å². The third-order valence-corrected chi connectivity index (χ3v) is 5.05. The van der Waals surface area contributed by atoms with Gasteiger partial charge in [-0.25, -0.2) is 0 Å². The molecule has 19 heavy (non-hydrogen) atoms. The van der Waals surface area contributed by atoms with Crippen LogP contribution in [0, 0.1) is 25.7 Å². The molecule has 0 spiro atoms. The molecule has 2 aliphatic rings. The summed E-state index contributed by atoms with van der Waals surface area (Å²) in [6.45, 7) is 9.07. The molecular formula is C17H25NO. The van der Waals surface area contributed by atoms with E-state index < -0.39 is 0 Å². The zero-order chi connectivity index (χ0) is 13.7. The molecule has 1 heterocycles. The molecule has 2 heteroatoms. The number of rotatable bonds is 0. The van der Waals surface area contributed by atoms with Crippen molar-refractivity contribution in [2.75, 3.05) is 11.9 Å². The van der Waals surface area contributed by atoms with E-state index in [0.717, 1.165) is 11.7 Å². The molecule has 4 atom stereocenters. The SMILES string of the molecule is Cc1cc2c(cc1C)N(C)C1C(C)CC(C)CC1O2. The van der Waals surface area contributed by atoms with Crippen LogP contribution in [-0.4, -0.2) is 19.2 Å². The van der Waals surface area contributed by atoms with Crippen LogP contribution < -0.4 is 9.64 Å². The quantitative estimate of drug-likeness (QED) is 0.700. The lowest BCUT2D eigenvalue weighted by molar-refractivity contribution is 0.0640. The number of hydrogen-bond acceptors (Lipinski definition) is 2. The first-order valence-corrected chi connectivity index (χ1v) is 7.48. The molecule has 3 rings (SSSR count). The molecule has 1 fully saturated rings. The van der Waals surface area contributed by atoms with Crippen LogP contribution in [0.25, 0.3) is 0 Å². The summed E-state index contributed by atoms with van der Waals surface area (Å²) in [5.74, 6) is 2.56. The van der Waals surface area contributed by atoms with E-state index >= 15 is 0 Å². The van der Waals surface area contributed by atoms with Gasteiger partial charge in [0.15, 0.2) is 0 Å². The molecule has 0 bridgehead atoms. The Balaban J connectivity index is 2.02. The van der Waals surface area contributed by atoms with E-state index in [1.165, 1.54) is 29.7 Å². The molecule has 0 saturated heterocycles. The summed E-state index contributed by atoms with van der Waals surface area (Å²) in [4.78, 5) is 2.46. The van der Waals surface area contributed by atoms with Gasteiger partial charge in [-0.3, -0.25) is 0 Å². The first-order chi connectivity index (χ1) is 8.97. The Labute approximate surface area is 116 Å². The van der Waals surface area contributed by atoms with Gasteiger partial charge in [0.2, 0.25) is 0 Å². The third kappa shape index (κ3) is 2.01. The van der Waals surface area contributed by atoms with Crippen LogP contribution in [0.2, 0.25) is 0 Å². The number of hydrogen-bond donors (Lipinski definition) is 0. The molecule has 0 N–H and O–H groups in total. The number of anilines is 1. The highest BCUT2D eigenvalue weighted by atomic mass is 16.5. The number of ether oxygens (including phenoxy) is 1. The van der Waals surface area contributed by atoms with Crippen molar-refractivity contribution >= 4 is 5.69 Å². The summed E-state index contributed by atoms with van der Waals surface area (Å²) in [5.41, 5.74) is 3.94. The van der Waals surface area contributed by atoms with Crippen molar-refractivity contribution < 1.29 is 4.74 Å². The van der Waals surface area contributed by atoms with Crippen LogP contribution in [0.3, 0.4) is 0 Å². The number of nitrogens with zero attached hydrogens (tertiary/aromatic N) is 1. The topological polar surface area (TPSA) is 12.5 Å². The molecule has 0 radical (unpaired) electrons. The molecule has 1 aliphatic carbocycles. The van der Waals surface area contributed by atoms with Crippen molar-refractivity contribution in [3.8, 4) is 5.75 Å².